The molecule has 0 aliphatic carbocycles. The average molecular weight is 294 g/mol. The van der Waals surface area contributed by atoms with E-state index in [1.807, 2.05) is 6.92 Å². The van der Waals surface area contributed by atoms with E-state index in [0.29, 0.717) is 28.2 Å². The maximum Gasteiger partial charge on any atom is 0.748 e. The molecule has 0 fully saturated rings. The SMILES string of the molecule is CCCC(O[Si](OC)(OC)OC)=C(C)C(=O)O[SiH3]. The molecule has 0 saturated heterocycles. The van der Waals surface area contributed by atoms with Crippen LogP contribution in [-0.4, -0.2) is 46.8 Å². The van der Waals surface area contributed by atoms with Crippen molar-refractivity contribution in [3.8, 4) is 0 Å². The zero-order valence-electron chi connectivity index (χ0n) is 11.9. The van der Waals surface area contributed by atoms with Gasteiger partial charge in [-0.15, -0.1) is 0 Å². The van der Waals surface area contributed by atoms with Gasteiger partial charge in [-0.3, -0.25) is 0 Å². The van der Waals surface area contributed by atoms with Gasteiger partial charge >= 0.3 is 15.0 Å². The van der Waals surface area contributed by atoms with Gasteiger partial charge in [0.05, 0.1) is 11.3 Å². The summed E-state index contributed by atoms with van der Waals surface area (Å²) in [6.45, 7) is 3.64. The predicted molar refractivity (Wildman–Crippen MR) is 71.5 cm³/mol. The van der Waals surface area contributed by atoms with Crippen molar-refractivity contribution in [1.29, 1.82) is 0 Å². The Morgan fingerprint density at radius 2 is 1.67 bits per heavy atom. The van der Waals surface area contributed by atoms with Crippen molar-refractivity contribution in [2.75, 3.05) is 21.3 Å². The second-order valence-corrected chi connectivity index (χ2v) is 6.34. The van der Waals surface area contributed by atoms with Crippen molar-refractivity contribution in [3.63, 3.8) is 0 Å². The van der Waals surface area contributed by atoms with Crippen LogP contribution < -0.4 is 0 Å². The highest BCUT2D eigenvalue weighted by molar-refractivity contribution is 6.53. The van der Waals surface area contributed by atoms with Crippen LogP contribution in [0.2, 0.25) is 0 Å². The fraction of sp³-hybridized carbons (Fsp3) is 0.700. The van der Waals surface area contributed by atoms with Gasteiger partial charge in [-0.1, -0.05) is 6.92 Å². The van der Waals surface area contributed by atoms with Gasteiger partial charge < -0.3 is 22.1 Å². The Balaban J connectivity index is 5.19. The molecule has 0 N–H and O–H groups in total. The topological polar surface area (TPSA) is 63.2 Å². The van der Waals surface area contributed by atoms with Crippen molar-refractivity contribution in [2.45, 2.75) is 26.7 Å². The standard InChI is InChI=1S/C10H22O6Si2/c1-6-7-9(8(2)10(11)15-17)16-18(12-3,13-4)14-5/h6-7H2,1-5,17H3. The lowest BCUT2D eigenvalue weighted by Crippen LogP contribution is -2.46. The molecule has 0 aromatic heterocycles. The van der Waals surface area contributed by atoms with E-state index in [-0.39, 0.29) is 5.97 Å². The van der Waals surface area contributed by atoms with Gasteiger partial charge in [-0.25, -0.2) is 4.79 Å². The monoisotopic (exact) mass is 294 g/mol. The molecule has 6 nitrogen and oxygen atoms in total. The molecule has 0 saturated carbocycles. The van der Waals surface area contributed by atoms with E-state index >= 15 is 0 Å². The molecule has 0 aromatic rings. The second kappa shape index (κ2) is 8.43. The van der Waals surface area contributed by atoms with Crippen molar-refractivity contribution in [1.82, 2.24) is 0 Å². The lowest BCUT2D eigenvalue weighted by Gasteiger charge is -2.25. The molecular formula is C10H22O6Si2. The fourth-order valence-electron chi connectivity index (χ4n) is 1.33. The Kier molecular flexibility index (Phi) is 8.11. The highest BCUT2D eigenvalue weighted by atomic mass is 28.4. The Morgan fingerprint density at radius 3 is 2.00 bits per heavy atom. The van der Waals surface area contributed by atoms with Gasteiger partial charge in [0, 0.05) is 27.8 Å². The van der Waals surface area contributed by atoms with Crippen LogP contribution in [0.1, 0.15) is 26.7 Å². The van der Waals surface area contributed by atoms with Crippen LogP contribution in [0.5, 0.6) is 0 Å². The van der Waals surface area contributed by atoms with Crippen molar-refractivity contribution in [2.24, 2.45) is 0 Å². The summed E-state index contributed by atoms with van der Waals surface area (Å²) in [5, 5.41) is 0. The van der Waals surface area contributed by atoms with E-state index in [2.05, 4.69) is 0 Å². The van der Waals surface area contributed by atoms with E-state index in [0.717, 1.165) is 6.42 Å². The van der Waals surface area contributed by atoms with Crippen LogP contribution >= 0.6 is 0 Å². The highest BCUT2D eigenvalue weighted by Crippen LogP contribution is 2.21. The summed E-state index contributed by atoms with van der Waals surface area (Å²) in [5.41, 5.74) is 0.426. The van der Waals surface area contributed by atoms with Crippen LogP contribution in [0.15, 0.2) is 11.3 Å². The minimum atomic E-state index is -3.19. The molecule has 0 radical (unpaired) electrons. The molecule has 0 rings (SSSR count). The number of hydrogen-bond acceptors (Lipinski definition) is 6. The van der Waals surface area contributed by atoms with E-state index in [9.17, 15) is 4.79 Å². The zero-order chi connectivity index (χ0) is 14.2. The average Bonchev–Trinajstić information content (AvgIpc) is 2.42. The molecule has 0 spiro atoms. The molecule has 0 amide bonds. The van der Waals surface area contributed by atoms with E-state index in [1.54, 1.807) is 6.92 Å². The molecule has 106 valence electrons. The molecule has 8 heteroatoms. The van der Waals surface area contributed by atoms with Gasteiger partial charge in [-0.05, 0) is 13.3 Å². The number of hydrogen-bond donors (Lipinski definition) is 0. The lowest BCUT2D eigenvalue weighted by molar-refractivity contribution is -0.130. The minimum Gasteiger partial charge on any atom is -0.525 e. The molecule has 0 aliphatic heterocycles. The van der Waals surface area contributed by atoms with Crippen LogP contribution in [0.4, 0.5) is 0 Å². The predicted octanol–water partition coefficient (Wildman–Crippen LogP) is 0.275. The third-order valence-electron chi connectivity index (χ3n) is 2.39. The van der Waals surface area contributed by atoms with E-state index < -0.39 is 9.05 Å². The van der Waals surface area contributed by atoms with E-state index in [1.165, 1.54) is 21.3 Å². The fourth-order valence-corrected chi connectivity index (χ4v) is 2.95. The number of allylic oxidation sites excluding steroid dienone is 1. The molecule has 18 heavy (non-hydrogen) atoms. The summed E-state index contributed by atoms with van der Waals surface area (Å²) in [6, 6.07) is 0. The molecular weight excluding hydrogens is 272 g/mol. The van der Waals surface area contributed by atoms with Crippen LogP contribution in [0.25, 0.3) is 0 Å². The van der Waals surface area contributed by atoms with Crippen LogP contribution in [0.3, 0.4) is 0 Å². The summed E-state index contributed by atoms with van der Waals surface area (Å²) in [7, 11) is 1.49. The van der Waals surface area contributed by atoms with Crippen molar-refractivity contribution in [3.05, 3.63) is 11.3 Å². The molecule has 0 aromatic carbocycles. The van der Waals surface area contributed by atoms with Crippen molar-refractivity contribution >= 4 is 25.5 Å². The lowest BCUT2D eigenvalue weighted by atomic mass is 10.2. The number of carbonyl (C=O) groups is 1. The molecule has 0 atom stereocenters. The first kappa shape index (κ1) is 17.3. The smallest absolute Gasteiger partial charge is 0.525 e. The minimum absolute atomic E-state index is 0.344. The molecule has 0 heterocycles. The summed E-state index contributed by atoms with van der Waals surface area (Å²) in [6.07, 6.45) is 1.41. The summed E-state index contributed by atoms with van der Waals surface area (Å²) in [5.74, 6) is 0.117. The van der Waals surface area contributed by atoms with Gasteiger partial charge in [0.15, 0.2) is 0 Å². The molecule has 0 aliphatic rings. The van der Waals surface area contributed by atoms with Crippen molar-refractivity contribution < 1.29 is 26.9 Å². The summed E-state index contributed by atoms with van der Waals surface area (Å²) < 4.78 is 26.0. The Morgan fingerprint density at radius 1 is 1.17 bits per heavy atom. The first-order chi connectivity index (χ1) is 8.50. The molecule has 0 unspecified atom stereocenters. The van der Waals surface area contributed by atoms with Crippen LogP contribution in [0, 0.1) is 0 Å². The maximum atomic E-state index is 11.5. The molecule has 0 bridgehead atoms. The van der Waals surface area contributed by atoms with Gasteiger partial charge in [0.1, 0.15) is 0 Å². The van der Waals surface area contributed by atoms with Gasteiger partial charge in [0.2, 0.25) is 10.5 Å². The zero-order valence-corrected chi connectivity index (χ0v) is 14.9. The number of rotatable bonds is 8. The number of carbonyl (C=O) groups excluding carboxylic acids is 1. The van der Waals surface area contributed by atoms with Crippen LogP contribution in [-0.2, 0) is 26.9 Å². The third kappa shape index (κ3) is 4.54. The largest absolute Gasteiger partial charge is 0.748 e. The maximum absolute atomic E-state index is 11.5. The highest BCUT2D eigenvalue weighted by Gasteiger charge is 2.46. The Hall–Kier alpha value is -0.676. The Labute approximate surface area is 112 Å². The first-order valence-corrected chi connectivity index (χ1v) is 8.07. The van der Waals surface area contributed by atoms with Gasteiger partial charge in [0.25, 0.3) is 0 Å². The first-order valence-electron chi connectivity index (χ1n) is 5.62. The Bertz CT molecular complexity index is 292. The summed E-state index contributed by atoms with van der Waals surface area (Å²) >= 11 is 0. The summed E-state index contributed by atoms with van der Waals surface area (Å²) in [4.78, 5) is 11.5. The van der Waals surface area contributed by atoms with E-state index in [4.69, 9.17) is 22.1 Å². The second-order valence-electron chi connectivity index (χ2n) is 3.50. The third-order valence-corrected chi connectivity index (χ3v) is 4.75. The quantitative estimate of drug-likeness (QED) is 0.364. The normalized spacial score (nSPS) is 13.2. The van der Waals surface area contributed by atoms with Gasteiger partial charge in [-0.2, -0.15) is 0 Å².